The summed E-state index contributed by atoms with van der Waals surface area (Å²) in [5.74, 6) is 0. The van der Waals surface area contributed by atoms with Crippen LogP contribution in [0.15, 0.2) is 46.7 Å². The molecule has 0 radical (unpaired) electrons. The molecule has 1 heterocycles. The second-order valence-electron chi connectivity index (χ2n) is 3.61. The zero-order valence-corrected chi connectivity index (χ0v) is 10.9. The number of hydrogen-bond acceptors (Lipinski definition) is 4. The Labute approximate surface area is 109 Å². The number of rotatable bonds is 3. The third-order valence-corrected chi connectivity index (χ3v) is 3.62. The number of hydrogen-bond donors (Lipinski definition) is 1. The minimum atomic E-state index is -0.0143. The van der Waals surface area contributed by atoms with E-state index in [1.807, 2.05) is 25.1 Å². The van der Waals surface area contributed by atoms with Crippen molar-refractivity contribution in [3.63, 3.8) is 0 Å². The molecule has 0 saturated carbocycles. The topological polar surface area (TPSA) is 51.8 Å². The lowest BCUT2D eigenvalue weighted by Gasteiger charge is -2.08. The fourth-order valence-corrected chi connectivity index (χ4v) is 2.34. The van der Waals surface area contributed by atoms with E-state index in [9.17, 15) is 0 Å². The number of benzene rings is 1. The number of halogens is 1. The molecule has 0 bridgehead atoms. The molecule has 2 aromatic rings. The molecule has 1 atom stereocenters. The highest BCUT2D eigenvalue weighted by molar-refractivity contribution is 7.99. The molecule has 5 heteroatoms. The van der Waals surface area contributed by atoms with Gasteiger partial charge >= 0.3 is 0 Å². The van der Waals surface area contributed by atoms with Crippen LogP contribution in [0.3, 0.4) is 0 Å². The molecule has 0 aliphatic carbocycles. The summed E-state index contributed by atoms with van der Waals surface area (Å²) in [6, 6.07) is 7.58. The Morgan fingerprint density at radius 3 is 2.59 bits per heavy atom. The van der Waals surface area contributed by atoms with E-state index in [2.05, 4.69) is 9.97 Å². The van der Waals surface area contributed by atoms with Crippen molar-refractivity contribution < 1.29 is 0 Å². The quantitative estimate of drug-likeness (QED) is 0.865. The van der Waals surface area contributed by atoms with Crippen molar-refractivity contribution in [2.45, 2.75) is 23.0 Å². The van der Waals surface area contributed by atoms with Crippen LogP contribution in [-0.2, 0) is 0 Å². The average Bonchev–Trinajstić information content (AvgIpc) is 2.33. The highest BCUT2D eigenvalue weighted by Crippen LogP contribution is 2.32. The molecular weight excluding hydrogens is 254 g/mol. The SMILES string of the molecule is CC(N)c1ccc(Sc2ncccn2)c(Cl)c1. The normalized spacial score (nSPS) is 12.4. The Balaban J connectivity index is 2.23. The maximum Gasteiger partial charge on any atom is 0.192 e. The zero-order valence-electron chi connectivity index (χ0n) is 9.30. The van der Waals surface area contributed by atoms with Gasteiger partial charge in [0.25, 0.3) is 0 Å². The first-order chi connectivity index (χ1) is 8.16. The van der Waals surface area contributed by atoms with Gasteiger partial charge in [-0.05, 0) is 42.4 Å². The molecule has 88 valence electrons. The predicted octanol–water partition coefficient (Wildman–Crippen LogP) is 3.30. The summed E-state index contributed by atoms with van der Waals surface area (Å²) >= 11 is 7.63. The summed E-state index contributed by atoms with van der Waals surface area (Å²) in [4.78, 5) is 9.22. The van der Waals surface area contributed by atoms with Gasteiger partial charge < -0.3 is 5.73 Å². The first-order valence-electron chi connectivity index (χ1n) is 5.16. The molecule has 0 spiro atoms. The smallest absolute Gasteiger partial charge is 0.192 e. The van der Waals surface area contributed by atoms with E-state index in [0.717, 1.165) is 10.5 Å². The third kappa shape index (κ3) is 3.19. The Morgan fingerprint density at radius 2 is 2.00 bits per heavy atom. The van der Waals surface area contributed by atoms with E-state index in [4.69, 9.17) is 17.3 Å². The molecule has 0 saturated heterocycles. The van der Waals surface area contributed by atoms with Gasteiger partial charge in [-0.3, -0.25) is 0 Å². The van der Waals surface area contributed by atoms with Crippen LogP contribution in [0.2, 0.25) is 5.02 Å². The molecule has 0 amide bonds. The third-order valence-electron chi connectivity index (χ3n) is 2.23. The number of nitrogens with zero attached hydrogens (tertiary/aromatic N) is 2. The van der Waals surface area contributed by atoms with E-state index in [1.54, 1.807) is 18.5 Å². The van der Waals surface area contributed by atoms with Crippen molar-refractivity contribution in [2.24, 2.45) is 5.73 Å². The molecule has 3 nitrogen and oxygen atoms in total. The van der Waals surface area contributed by atoms with Crippen LogP contribution in [-0.4, -0.2) is 9.97 Å². The summed E-state index contributed by atoms with van der Waals surface area (Å²) in [6.07, 6.45) is 3.42. The summed E-state index contributed by atoms with van der Waals surface area (Å²) in [7, 11) is 0. The second kappa shape index (κ2) is 5.49. The molecule has 0 aliphatic heterocycles. The standard InChI is InChI=1S/C12H12ClN3S/c1-8(14)9-3-4-11(10(13)7-9)17-12-15-5-2-6-16-12/h2-8H,14H2,1H3. The summed E-state index contributed by atoms with van der Waals surface area (Å²) in [6.45, 7) is 1.93. The van der Waals surface area contributed by atoms with Gasteiger partial charge in [0, 0.05) is 23.3 Å². The molecule has 1 unspecified atom stereocenters. The van der Waals surface area contributed by atoms with Crippen molar-refractivity contribution in [1.29, 1.82) is 0 Å². The first-order valence-corrected chi connectivity index (χ1v) is 6.36. The van der Waals surface area contributed by atoms with Crippen molar-refractivity contribution >= 4 is 23.4 Å². The predicted molar refractivity (Wildman–Crippen MR) is 70.2 cm³/mol. The molecule has 1 aromatic carbocycles. The highest BCUT2D eigenvalue weighted by Gasteiger charge is 2.07. The van der Waals surface area contributed by atoms with E-state index >= 15 is 0 Å². The maximum absolute atomic E-state index is 6.19. The minimum absolute atomic E-state index is 0.0143. The number of aromatic nitrogens is 2. The molecule has 1 aromatic heterocycles. The Hall–Kier alpha value is -1.10. The minimum Gasteiger partial charge on any atom is -0.324 e. The van der Waals surface area contributed by atoms with Crippen molar-refractivity contribution in [3.05, 3.63) is 47.2 Å². The van der Waals surface area contributed by atoms with Gasteiger partial charge in [-0.25, -0.2) is 9.97 Å². The summed E-state index contributed by atoms with van der Waals surface area (Å²) < 4.78 is 0. The van der Waals surface area contributed by atoms with Crippen molar-refractivity contribution in [2.75, 3.05) is 0 Å². The molecule has 2 rings (SSSR count). The highest BCUT2D eigenvalue weighted by atomic mass is 35.5. The Morgan fingerprint density at radius 1 is 1.29 bits per heavy atom. The maximum atomic E-state index is 6.19. The van der Waals surface area contributed by atoms with E-state index in [-0.39, 0.29) is 6.04 Å². The van der Waals surface area contributed by atoms with Gasteiger partial charge in [-0.15, -0.1) is 0 Å². The van der Waals surface area contributed by atoms with Crippen LogP contribution < -0.4 is 5.73 Å². The fraction of sp³-hybridized carbons (Fsp3) is 0.167. The summed E-state index contributed by atoms with van der Waals surface area (Å²) in [5.41, 5.74) is 6.82. The van der Waals surface area contributed by atoms with Crippen LogP contribution in [0.4, 0.5) is 0 Å². The molecular formula is C12H12ClN3S. The van der Waals surface area contributed by atoms with Crippen molar-refractivity contribution in [3.8, 4) is 0 Å². The van der Waals surface area contributed by atoms with Crippen LogP contribution in [0.5, 0.6) is 0 Å². The van der Waals surface area contributed by atoms with Gasteiger partial charge in [0.2, 0.25) is 0 Å². The molecule has 2 N–H and O–H groups in total. The summed E-state index contributed by atoms with van der Waals surface area (Å²) in [5, 5.41) is 1.36. The van der Waals surface area contributed by atoms with E-state index in [0.29, 0.717) is 10.2 Å². The van der Waals surface area contributed by atoms with Gasteiger partial charge in [-0.1, -0.05) is 17.7 Å². The lowest BCUT2D eigenvalue weighted by molar-refractivity contribution is 0.817. The molecule has 0 fully saturated rings. The van der Waals surface area contributed by atoms with Crippen LogP contribution in [0, 0.1) is 0 Å². The largest absolute Gasteiger partial charge is 0.324 e. The first kappa shape index (κ1) is 12.4. The van der Waals surface area contributed by atoms with Crippen LogP contribution in [0.25, 0.3) is 0 Å². The Kier molecular flexibility index (Phi) is 3.99. The average molecular weight is 266 g/mol. The monoisotopic (exact) mass is 265 g/mol. The second-order valence-corrected chi connectivity index (χ2v) is 5.03. The Bertz CT molecular complexity index is 502. The zero-order chi connectivity index (χ0) is 12.3. The van der Waals surface area contributed by atoms with Gasteiger partial charge in [0.05, 0.1) is 5.02 Å². The lowest BCUT2D eigenvalue weighted by atomic mass is 10.1. The molecule has 0 aliphatic rings. The van der Waals surface area contributed by atoms with E-state index < -0.39 is 0 Å². The number of nitrogens with two attached hydrogens (primary N) is 1. The van der Waals surface area contributed by atoms with Crippen molar-refractivity contribution in [1.82, 2.24) is 9.97 Å². The lowest BCUT2D eigenvalue weighted by Crippen LogP contribution is -2.04. The van der Waals surface area contributed by atoms with Crippen LogP contribution in [0.1, 0.15) is 18.5 Å². The van der Waals surface area contributed by atoms with Gasteiger partial charge in [0.1, 0.15) is 0 Å². The van der Waals surface area contributed by atoms with Gasteiger partial charge in [0.15, 0.2) is 5.16 Å². The van der Waals surface area contributed by atoms with E-state index in [1.165, 1.54) is 11.8 Å². The molecule has 17 heavy (non-hydrogen) atoms. The van der Waals surface area contributed by atoms with Crippen LogP contribution >= 0.6 is 23.4 Å². The van der Waals surface area contributed by atoms with Gasteiger partial charge in [-0.2, -0.15) is 0 Å². The fourth-order valence-electron chi connectivity index (χ4n) is 1.32.